The Morgan fingerprint density at radius 3 is 2.60 bits per heavy atom. The van der Waals surface area contributed by atoms with E-state index in [1.807, 2.05) is 0 Å². The second-order valence-corrected chi connectivity index (χ2v) is 4.36. The minimum absolute atomic E-state index is 0.242. The van der Waals surface area contributed by atoms with E-state index in [1.165, 1.54) is 0 Å². The molecule has 1 N–H and O–H groups in total. The zero-order chi connectivity index (χ0) is 10.8. The van der Waals surface area contributed by atoms with Gasteiger partial charge in [0.1, 0.15) is 0 Å². The molecule has 0 spiro atoms. The summed E-state index contributed by atoms with van der Waals surface area (Å²) in [5.74, 6) is -0.242. The van der Waals surface area contributed by atoms with Crippen molar-refractivity contribution in [3.05, 3.63) is 20.9 Å². The van der Waals surface area contributed by atoms with Crippen LogP contribution < -0.4 is 5.32 Å². The maximum absolute atomic E-state index is 11.6. The molecule has 0 unspecified atom stereocenters. The number of hydrogen-bond donors (Lipinski definition) is 1. The van der Waals surface area contributed by atoms with Gasteiger partial charge < -0.3 is 5.32 Å². The molecule has 4 nitrogen and oxygen atoms in total. The largest absolute Gasteiger partial charge is 0.352 e. The highest BCUT2D eigenvalue weighted by Gasteiger charge is 2.24. The summed E-state index contributed by atoms with van der Waals surface area (Å²) >= 11 is 1.09. The van der Waals surface area contributed by atoms with Gasteiger partial charge in [-0.05, 0) is 18.4 Å². The molecule has 0 saturated carbocycles. The van der Waals surface area contributed by atoms with E-state index < -0.39 is 0 Å². The van der Waals surface area contributed by atoms with Gasteiger partial charge in [0, 0.05) is 6.54 Å². The molecule has 2 rings (SSSR count). The van der Waals surface area contributed by atoms with Gasteiger partial charge in [0.05, 0.1) is 15.3 Å². The Morgan fingerprint density at radius 1 is 1.20 bits per heavy atom. The molecule has 1 aromatic heterocycles. The number of amides is 1. The van der Waals surface area contributed by atoms with Crippen molar-refractivity contribution in [1.29, 1.82) is 0 Å². The molecule has 1 amide bonds. The van der Waals surface area contributed by atoms with Crippen LogP contribution in [0.15, 0.2) is 0 Å². The van der Waals surface area contributed by atoms with E-state index in [2.05, 4.69) is 5.32 Å². The summed E-state index contributed by atoms with van der Waals surface area (Å²) in [5, 5.41) is 2.71. The summed E-state index contributed by atoms with van der Waals surface area (Å²) < 4.78 is 0. The maximum atomic E-state index is 11.6. The van der Waals surface area contributed by atoms with Crippen molar-refractivity contribution in [3.8, 4) is 0 Å². The highest BCUT2D eigenvalue weighted by Crippen LogP contribution is 2.28. The lowest BCUT2D eigenvalue weighted by molar-refractivity contribution is 0.0951. The first-order valence-electron chi connectivity index (χ1n) is 4.62. The zero-order valence-electron chi connectivity index (χ0n) is 7.91. The van der Waals surface area contributed by atoms with Crippen LogP contribution in [0.1, 0.15) is 41.7 Å². The number of carbonyl (C=O) groups is 3. The highest BCUT2D eigenvalue weighted by atomic mass is 32.1. The SMILES string of the molecule is O=Cc1sc(C=O)c2c1CCCNC2=O. The van der Waals surface area contributed by atoms with E-state index in [0.29, 0.717) is 34.6 Å². The van der Waals surface area contributed by atoms with E-state index >= 15 is 0 Å². The molecule has 2 heterocycles. The molecule has 0 aromatic carbocycles. The first-order chi connectivity index (χ1) is 7.27. The van der Waals surface area contributed by atoms with Crippen LogP contribution in [0.4, 0.5) is 0 Å². The van der Waals surface area contributed by atoms with Crippen LogP contribution in [0, 0.1) is 0 Å². The maximum Gasteiger partial charge on any atom is 0.253 e. The van der Waals surface area contributed by atoms with Crippen LogP contribution in [-0.2, 0) is 6.42 Å². The standard InChI is InChI=1S/C10H9NO3S/c12-4-7-6-2-1-3-11-10(14)9(6)8(5-13)15-7/h4-5H,1-3H2,(H,11,14). The number of hydrogen-bond acceptors (Lipinski definition) is 4. The van der Waals surface area contributed by atoms with Crippen LogP contribution in [0.2, 0.25) is 0 Å². The predicted octanol–water partition coefficient (Wildman–Crippen LogP) is 1.05. The van der Waals surface area contributed by atoms with Gasteiger partial charge in [0.25, 0.3) is 5.91 Å². The molecule has 5 heteroatoms. The summed E-state index contributed by atoms with van der Waals surface area (Å²) in [7, 11) is 0. The third-order valence-electron chi connectivity index (χ3n) is 2.40. The minimum Gasteiger partial charge on any atom is -0.352 e. The molecule has 1 aromatic rings. The molecule has 0 aliphatic carbocycles. The van der Waals surface area contributed by atoms with Crippen LogP contribution in [-0.4, -0.2) is 25.0 Å². The lowest BCUT2D eigenvalue weighted by Crippen LogP contribution is -2.23. The quantitative estimate of drug-likeness (QED) is 0.762. The molecule has 78 valence electrons. The fourth-order valence-corrected chi connectivity index (χ4v) is 2.71. The Morgan fingerprint density at radius 2 is 1.93 bits per heavy atom. The first kappa shape index (κ1) is 10.0. The molecule has 0 fully saturated rings. The Labute approximate surface area is 90.3 Å². The van der Waals surface area contributed by atoms with Crippen molar-refractivity contribution >= 4 is 29.8 Å². The minimum atomic E-state index is -0.242. The summed E-state index contributed by atoms with van der Waals surface area (Å²) in [6.45, 7) is 0.592. The third-order valence-corrected chi connectivity index (χ3v) is 3.48. The molecular formula is C10H9NO3S. The van der Waals surface area contributed by atoms with E-state index in [1.54, 1.807) is 0 Å². The summed E-state index contributed by atoms with van der Waals surface area (Å²) in [5.41, 5.74) is 1.13. The van der Waals surface area contributed by atoms with Crippen LogP contribution in [0.3, 0.4) is 0 Å². The van der Waals surface area contributed by atoms with Crippen LogP contribution in [0.5, 0.6) is 0 Å². The summed E-state index contributed by atoms with van der Waals surface area (Å²) in [4.78, 5) is 34.1. The number of rotatable bonds is 2. The monoisotopic (exact) mass is 223 g/mol. The van der Waals surface area contributed by atoms with Crippen molar-refractivity contribution in [2.45, 2.75) is 12.8 Å². The van der Waals surface area contributed by atoms with E-state index in [4.69, 9.17) is 0 Å². The Kier molecular flexibility index (Phi) is 2.64. The lowest BCUT2D eigenvalue weighted by atomic mass is 10.1. The number of nitrogens with one attached hydrogen (secondary N) is 1. The van der Waals surface area contributed by atoms with Crippen molar-refractivity contribution in [3.63, 3.8) is 0 Å². The Balaban J connectivity index is 2.63. The molecule has 0 saturated heterocycles. The smallest absolute Gasteiger partial charge is 0.253 e. The van der Waals surface area contributed by atoms with Crippen molar-refractivity contribution in [2.75, 3.05) is 6.54 Å². The van der Waals surface area contributed by atoms with Crippen molar-refractivity contribution in [2.24, 2.45) is 0 Å². The molecule has 15 heavy (non-hydrogen) atoms. The highest BCUT2D eigenvalue weighted by molar-refractivity contribution is 7.15. The third kappa shape index (κ3) is 1.59. The lowest BCUT2D eigenvalue weighted by Gasteiger charge is -1.98. The number of aldehydes is 2. The molecule has 1 aliphatic heterocycles. The normalized spacial score (nSPS) is 15.1. The molecule has 0 bridgehead atoms. The van der Waals surface area contributed by atoms with Gasteiger partial charge >= 0.3 is 0 Å². The number of thiophene rings is 1. The number of carbonyl (C=O) groups excluding carboxylic acids is 3. The summed E-state index contributed by atoms with van der Waals surface area (Å²) in [6, 6.07) is 0. The molecule has 0 atom stereocenters. The van der Waals surface area contributed by atoms with Crippen LogP contribution >= 0.6 is 11.3 Å². The fraction of sp³-hybridized carbons (Fsp3) is 0.300. The average Bonchev–Trinajstić information content (AvgIpc) is 2.51. The van der Waals surface area contributed by atoms with E-state index in [-0.39, 0.29) is 5.91 Å². The summed E-state index contributed by atoms with van der Waals surface area (Å²) in [6.07, 6.45) is 2.83. The fourth-order valence-electron chi connectivity index (χ4n) is 1.73. The van der Waals surface area contributed by atoms with Gasteiger partial charge in [0.2, 0.25) is 0 Å². The molecule has 1 aliphatic rings. The predicted molar refractivity (Wildman–Crippen MR) is 55.7 cm³/mol. The molecular weight excluding hydrogens is 214 g/mol. The van der Waals surface area contributed by atoms with Gasteiger partial charge in [-0.15, -0.1) is 11.3 Å². The van der Waals surface area contributed by atoms with E-state index in [0.717, 1.165) is 29.6 Å². The van der Waals surface area contributed by atoms with Crippen molar-refractivity contribution in [1.82, 2.24) is 5.32 Å². The topological polar surface area (TPSA) is 63.2 Å². The second-order valence-electron chi connectivity index (χ2n) is 3.28. The molecule has 0 radical (unpaired) electrons. The first-order valence-corrected chi connectivity index (χ1v) is 5.43. The van der Waals surface area contributed by atoms with Gasteiger partial charge in [-0.3, -0.25) is 14.4 Å². The second kappa shape index (κ2) is 3.94. The Bertz CT molecular complexity index is 436. The van der Waals surface area contributed by atoms with Crippen molar-refractivity contribution < 1.29 is 14.4 Å². The number of fused-ring (bicyclic) bond motifs is 1. The van der Waals surface area contributed by atoms with Crippen LogP contribution in [0.25, 0.3) is 0 Å². The average molecular weight is 223 g/mol. The van der Waals surface area contributed by atoms with E-state index in [9.17, 15) is 14.4 Å². The van der Waals surface area contributed by atoms with Gasteiger partial charge in [0.15, 0.2) is 12.6 Å². The van der Waals surface area contributed by atoms with Gasteiger partial charge in [-0.1, -0.05) is 0 Å². The Hall–Kier alpha value is -1.49. The van der Waals surface area contributed by atoms with Gasteiger partial charge in [-0.25, -0.2) is 0 Å². The van der Waals surface area contributed by atoms with Gasteiger partial charge in [-0.2, -0.15) is 0 Å². The zero-order valence-corrected chi connectivity index (χ0v) is 8.73.